The summed E-state index contributed by atoms with van der Waals surface area (Å²) in [6.07, 6.45) is 4.22. The SMILES string of the molecule is C=CNCCCC. The lowest BCUT2D eigenvalue weighted by atomic mass is 10.3. The lowest BCUT2D eigenvalue weighted by Crippen LogP contribution is -2.04. The van der Waals surface area contributed by atoms with Gasteiger partial charge in [-0.2, -0.15) is 0 Å². The quantitative estimate of drug-likeness (QED) is 0.527. The molecular formula is C6H13N. The first-order chi connectivity index (χ1) is 3.41. The molecular weight excluding hydrogens is 86.1 g/mol. The Balaban J connectivity index is 2.56. The molecule has 0 heterocycles. The molecule has 7 heavy (non-hydrogen) atoms. The fourth-order valence-corrected chi connectivity index (χ4v) is 0.381. The van der Waals surface area contributed by atoms with Crippen LogP contribution in [0.25, 0.3) is 0 Å². The lowest BCUT2D eigenvalue weighted by molar-refractivity contribution is 0.736. The number of unbranched alkanes of at least 4 members (excludes halogenated alkanes) is 1. The van der Waals surface area contributed by atoms with Crippen LogP contribution in [0, 0.1) is 0 Å². The maximum absolute atomic E-state index is 3.52. The van der Waals surface area contributed by atoms with Gasteiger partial charge < -0.3 is 5.32 Å². The largest absolute Gasteiger partial charge is 0.391 e. The minimum absolute atomic E-state index is 1.07. The molecule has 1 nitrogen and oxygen atoms in total. The summed E-state index contributed by atoms with van der Waals surface area (Å²) in [7, 11) is 0. The summed E-state index contributed by atoms with van der Waals surface area (Å²) in [5, 5.41) is 3.01. The van der Waals surface area contributed by atoms with E-state index in [1.807, 2.05) is 0 Å². The lowest BCUT2D eigenvalue weighted by Gasteiger charge is -1.93. The van der Waals surface area contributed by atoms with Crippen LogP contribution in [0.5, 0.6) is 0 Å². The highest BCUT2D eigenvalue weighted by molar-refractivity contribution is 4.61. The second-order valence-corrected chi connectivity index (χ2v) is 1.51. The van der Waals surface area contributed by atoms with E-state index in [1.165, 1.54) is 12.8 Å². The summed E-state index contributed by atoms with van der Waals surface area (Å²) in [5.74, 6) is 0. The summed E-state index contributed by atoms with van der Waals surface area (Å²) >= 11 is 0. The minimum Gasteiger partial charge on any atom is -0.391 e. The van der Waals surface area contributed by atoms with Gasteiger partial charge in [0.25, 0.3) is 0 Å². The van der Waals surface area contributed by atoms with Crippen molar-refractivity contribution in [1.29, 1.82) is 0 Å². The monoisotopic (exact) mass is 99.1 g/mol. The standard InChI is InChI=1S/C6H13N/c1-3-5-6-7-4-2/h4,7H,2-3,5-6H2,1H3. The number of hydrogen-bond acceptors (Lipinski definition) is 1. The summed E-state index contributed by atoms with van der Waals surface area (Å²) in [6, 6.07) is 0. The topological polar surface area (TPSA) is 12.0 Å². The molecule has 0 rings (SSSR count). The summed E-state index contributed by atoms with van der Waals surface area (Å²) in [6.45, 7) is 6.76. The second kappa shape index (κ2) is 5.54. The summed E-state index contributed by atoms with van der Waals surface area (Å²) in [4.78, 5) is 0. The highest BCUT2D eigenvalue weighted by atomic mass is 14.8. The second-order valence-electron chi connectivity index (χ2n) is 1.51. The Morgan fingerprint density at radius 1 is 1.71 bits per heavy atom. The van der Waals surface area contributed by atoms with E-state index in [4.69, 9.17) is 0 Å². The zero-order chi connectivity index (χ0) is 5.54. The van der Waals surface area contributed by atoms with Crippen molar-refractivity contribution in [2.75, 3.05) is 6.54 Å². The molecule has 0 unspecified atom stereocenters. The van der Waals surface area contributed by atoms with Gasteiger partial charge in [-0.1, -0.05) is 19.9 Å². The van der Waals surface area contributed by atoms with Crippen LogP contribution in [0.1, 0.15) is 19.8 Å². The Morgan fingerprint density at radius 2 is 2.43 bits per heavy atom. The predicted octanol–water partition coefficient (Wildman–Crippen LogP) is 1.52. The van der Waals surface area contributed by atoms with Crippen LogP contribution in [0.15, 0.2) is 12.8 Å². The minimum atomic E-state index is 1.07. The number of rotatable bonds is 4. The van der Waals surface area contributed by atoms with Crippen molar-refractivity contribution in [3.05, 3.63) is 12.8 Å². The highest BCUT2D eigenvalue weighted by Crippen LogP contribution is 1.80. The molecule has 1 N–H and O–H groups in total. The van der Waals surface area contributed by atoms with Crippen molar-refractivity contribution in [3.8, 4) is 0 Å². The molecule has 0 atom stereocenters. The molecule has 0 bridgehead atoms. The third-order valence-corrected chi connectivity index (χ3v) is 0.819. The fraction of sp³-hybridized carbons (Fsp3) is 0.667. The van der Waals surface area contributed by atoms with E-state index in [0.717, 1.165) is 6.54 Å². The van der Waals surface area contributed by atoms with E-state index in [9.17, 15) is 0 Å². The van der Waals surface area contributed by atoms with Gasteiger partial charge in [-0.25, -0.2) is 0 Å². The summed E-state index contributed by atoms with van der Waals surface area (Å²) in [5.41, 5.74) is 0. The zero-order valence-electron chi connectivity index (χ0n) is 4.91. The van der Waals surface area contributed by atoms with E-state index in [2.05, 4.69) is 18.8 Å². The smallest absolute Gasteiger partial charge is 0.0141 e. The highest BCUT2D eigenvalue weighted by Gasteiger charge is 1.74. The van der Waals surface area contributed by atoms with Gasteiger partial charge in [-0.3, -0.25) is 0 Å². The van der Waals surface area contributed by atoms with Gasteiger partial charge in [-0.15, -0.1) is 0 Å². The van der Waals surface area contributed by atoms with Gasteiger partial charge in [0.05, 0.1) is 0 Å². The maximum atomic E-state index is 3.52. The van der Waals surface area contributed by atoms with Crippen molar-refractivity contribution >= 4 is 0 Å². The molecule has 0 aromatic carbocycles. The Hall–Kier alpha value is -0.460. The van der Waals surface area contributed by atoms with Crippen molar-refractivity contribution in [2.24, 2.45) is 0 Å². The first kappa shape index (κ1) is 6.54. The third-order valence-electron chi connectivity index (χ3n) is 0.819. The van der Waals surface area contributed by atoms with Crippen molar-refractivity contribution in [1.82, 2.24) is 5.32 Å². The third kappa shape index (κ3) is 5.54. The first-order valence-electron chi connectivity index (χ1n) is 2.76. The van der Waals surface area contributed by atoms with Crippen LogP contribution in [-0.2, 0) is 0 Å². The van der Waals surface area contributed by atoms with Crippen LogP contribution in [0.2, 0.25) is 0 Å². The molecule has 0 spiro atoms. The summed E-state index contributed by atoms with van der Waals surface area (Å²) < 4.78 is 0. The molecule has 0 aliphatic heterocycles. The number of nitrogens with one attached hydrogen (secondary N) is 1. The van der Waals surface area contributed by atoms with Crippen molar-refractivity contribution < 1.29 is 0 Å². The fourth-order valence-electron chi connectivity index (χ4n) is 0.381. The molecule has 0 aliphatic carbocycles. The van der Waals surface area contributed by atoms with Crippen LogP contribution in [0.4, 0.5) is 0 Å². The molecule has 42 valence electrons. The molecule has 0 radical (unpaired) electrons. The van der Waals surface area contributed by atoms with Gasteiger partial charge in [0.2, 0.25) is 0 Å². The molecule has 0 aromatic rings. The Labute approximate surface area is 45.4 Å². The maximum Gasteiger partial charge on any atom is 0.0141 e. The average molecular weight is 99.2 g/mol. The van der Waals surface area contributed by atoms with Crippen LogP contribution >= 0.6 is 0 Å². The Kier molecular flexibility index (Phi) is 5.18. The molecule has 0 saturated heterocycles. The molecule has 0 fully saturated rings. The number of hydrogen-bond donors (Lipinski definition) is 1. The van der Waals surface area contributed by atoms with Gasteiger partial charge in [0.1, 0.15) is 0 Å². The Bertz CT molecular complexity index is 41.4. The van der Waals surface area contributed by atoms with E-state index >= 15 is 0 Å². The molecule has 0 saturated carbocycles. The molecule has 0 aromatic heterocycles. The van der Waals surface area contributed by atoms with E-state index in [-0.39, 0.29) is 0 Å². The van der Waals surface area contributed by atoms with Crippen LogP contribution in [-0.4, -0.2) is 6.54 Å². The van der Waals surface area contributed by atoms with E-state index in [0.29, 0.717) is 0 Å². The van der Waals surface area contributed by atoms with Gasteiger partial charge in [0.15, 0.2) is 0 Å². The van der Waals surface area contributed by atoms with E-state index in [1.54, 1.807) is 6.20 Å². The zero-order valence-corrected chi connectivity index (χ0v) is 4.91. The van der Waals surface area contributed by atoms with Gasteiger partial charge in [0, 0.05) is 6.54 Å². The van der Waals surface area contributed by atoms with Crippen molar-refractivity contribution in [3.63, 3.8) is 0 Å². The molecule has 0 aliphatic rings. The van der Waals surface area contributed by atoms with Gasteiger partial charge in [-0.05, 0) is 12.6 Å². The first-order valence-corrected chi connectivity index (χ1v) is 2.76. The van der Waals surface area contributed by atoms with Gasteiger partial charge >= 0.3 is 0 Å². The normalized spacial score (nSPS) is 8.14. The molecule has 1 heteroatoms. The predicted molar refractivity (Wildman–Crippen MR) is 33.1 cm³/mol. The van der Waals surface area contributed by atoms with E-state index < -0.39 is 0 Å². The average Bonchev–Trinajstić information content (AvgIpc) is 1.69. The molecule has 0 amide bonds. The van der Waals surface area contributed by atoms with Crippen LogP contribution in [0.3, 0.4) is 0 Å². The Morgan fingerprint density at radius 3 is 2.86 bits per heavy atom. The van der Waals surface area contributed by atoms with Crippen LogP contribution < -0.4 is 5.32 Å². The van der Waals surface area contributed by atoms with Crippen molar-refractivity contribution in [2.45, 2.75) is 19.8 Å².